The SMILES string of the molecule is O=C(c1cnn(-c2ccccc2F)c1-n1cccc1)N1CCSCC1. The van der Waals surface area contributed by atoms with Crippen molar-refractivity contribution in [2.24, 2.45) is 0 Å². The number of nitrogens with zero attached hydrogens (tertiary/aromatic N) is 4. The number of hydrogen-bond donors (Lipinski definition) is 0. The van der Waals surface area contributed by atoms with E-state index in [1.54, 1.807) is 22.8 Å². The fourth-order valence-electron chi connectivity index (χ4n) is 2.95. The smallest absolute Gasteiger partial charge is 0.259 e. The first kappa shape index (κ1) is 16.0. The lowest BCUT2D eigenvalue weighted by Crippen LogP contribution is -2.38. The van der Waals surface area contributed by atoms with Crippen LogP contribution in [0.15, 0.2) is 55.0 Å². The third kappa shape index (κ3) is 2.95. The van der Waals surface area contributed by atoms with Crippen LogP contribution >= 0.6 is 11.8 Å². The average Bonchev–Trinajstić information content (AvgIpc) is 3.31. The lowest BCUT2D eigenvalue weighted by atomic mass is 10.2. The number of halogens is 1. The van der Waals surface area contributed by atoms with Crippen molar-refractivity contribution in [3.63, 3.8) is 0 Å². The molecule has 0 bridgehead atoms. The zero-order valence-corrected chi connectivity index (χ0v) is 14.3. The molecule has 0 N–H and O–H groups in total. The lowest BCUT2D eigenvalue weighted by molar-refractivity contribution is 0.0772. The minimum atomic E-state index is -0.382. The van der Waals surface area contributed by atoms with Gasteiger partial charge in [-0.3, -0.25) is 4.79 Å². The summed E-state index contributed by atoms with van der Waals surface area (Å²) < 4.78 is 17.6. The maximum atomic E-state index is 14.3. The van der Waals surface area contributed by atoms with Gasteiger partial charge in [-0.25, -0.2) is 9.07 Å². The molecular formula is C18H17FN4OS. The van der Waals surface area contributed by atoms with E-state index in [0.29, 0.717) is 17.1 Å². The van der Waals surface area contributed by atoms with Crippen molar-refractivity contribution in [2.75, 3.05) is 24.6 Å². The molecular weight excluding hydrogens is 339 g/mol. The standard InChI is InChI=1S/C18H17FN4OS/c19-15-5-1-2-6-16(15)23-17(21-7-3-4-8-21)14(13-20-23)18(24)22-9-11-25-12-10-22/h1-8,13H,9-12H2. The third-order valence-electron chi connectivity index (χ3n) is 4.20. The Bertz CT molecular complexity index is 884. The Morgan fingerprint density at radius 3 is 2.52 bits per heavy atom. The molecule has 1 aliphatic heterocycles. The van der Waals surface area contributed by atoms with Crippen molar-refractivity contribution in [1.29, 1.82) is 0 Å². The highest BCUT2D eigenvalue weighted by Crippen LogP contribution is 2.23. The molecule has 3 aromatic rings. The summed E-state index contributed by atoms with van der Waals surface area (Å²) in [6, 6.07) is 10.2. The molecule has 1 aromatic carbocycles. The van der Waals surface area contributed by atoms with Crippen LogP contribution in [0.5, 0.6) is 0 Å². The summed E-state index contributed by atoms with van der Waals surface area (Å²) >= 11 is 1.85. The van der Waals surface area contributed by atoms with E-state index in [-0.39, 0.29) is 11.7 Å². The largest absolute Gasteiger partial charge is 0.337 e. The average molecular weight is 356 g/mol. The second-order valence-electron chi connectivity index (χ2n) is 5.74. The third-order valence-corrected chi connectivity index (χ3v) is 5.14. The fourth-order valence-corrected chi connectivity index (χ4v) is 3.86. The summed E-state index contributed by atoms with van der Waals surface area (Å²) in [6.45, 7) is 1.44. The maximum absolute atomic E-state index is 14.3. The lowest BCUT2D eigenvalue weighted by Gasteiger charge is -2.26. The highest BCUT2D eigenvalue weighted by molar-refractivity contribution is 7.99. The van der Waals surface area contributed by atoms with Crippen molar-refractivity contribution in [3.8, 4) is 11.5 Å². The number of hydrogen-bond acceptors (Lipinski definition) is 3. The summed E-state index contributed by atoms with van der Waals surface area (Å²) in [6.07, 6.45) is 5.19. The van der Waals surface area contributed by atoms with E-state index in [9.17, 15) is 9.18 Å². The van der Waals surface area contributed by atoms with Crippen LogP contribution in [-0.2, 0) is 0 Å². The first-order chi connectivity index (χ1) is 12.3. The van der Waals surface area contributed by atoms with Crippen molar-refractivity contribution >= 4 is 17.7 Å². The van der Waals surface area contributed by atoms with Crippen molar-refractivity contribution in [3.05, 3.63) is 66.4 Å². The Hall–Kier alpha value is -2.54. The van der Waals surface area contributed by atoms with E-state index in [2.05, 4.69) is 5.10 Å². The number of rotatable bonds is 3. The molecule has 0 atom stereocenters. The molecule has 0 saturated carbocycles. The zero-order valence-electron chi connectivity index (χ0n) is 13.5. The quantitative estimate of drug-likeness (QED) is 0.725. The Kier molecular flexibility index (Phi) is 4.31. The van der Waals surface area contributed by atoms with Crippen molar-refractivity contribution in [1.82, 2.24) is 19.2 Å². The molecule has 0 radical (unpaired) electrons. The zero-order chi connectivity index (χ0) is 17.2. The summed E-state index contributed by atoms with van der Waals surface area (Å²) in [7, 11) is 0. The van der Waals surface area contributed by atoms with Gasteiger partial charge in [0.25, 0.3) is 5.91 Å². The Morgan fingerprint density at radius 1 is 1.08 bits per heavy atom. The topological polar surface area (TPSA) is 43.1 Å². The minimum absolute atomic E-state index is 0.0633. The van der Waals surface area contributed by atoms with Crippen molar-refractivity contribution < 1.29 is 9.18 Å². The van der Waals surface area contributed by atoms with Crippen LogP contribution in [0, 0.1) is 5.82 Å². The molecule has 3 heterocycles. The molecule has 1 fully saturated rings. The fraction of sp³-hybridized carbons (Fsp3) is 0.222. The molecule has 1 aliphatic rings. The maximum Gasteiger partial charge on any atom is 0.259 e. The van der Waals surface area contributed by atoms with Gasteiger partial charge < -0.3 is 9.47 Å². The van der Waals surface area contributed by atoms with E-state index >= 15 is 0 Å². The van der Waals surface area contributed by atoms with Gasteiger partial charge in [0.2, 0.25) is 0 Å². The summed E-state index contributed by atoms with van der Waals surface area (Å²) in [4.78, 5) is 14.8. The Balaban J connectivity index is 1.83. The molecule has 0 aliphatic carbocycles. The van der Waals surface area contributed by atoms with Gasteiger partial charge in [0.15, 0.2) is 5.82 Å². The summed E-state index contributed by atoms with van der Waals surface area (Å²) in [5, 5.41) is 4.32. The van der Waals surface area contributed by atoms with Gasteiger partial charge in [0.05, 0.1) is 6.20 Å². The second-order valence-corrected chi connectivity index (χ2v) is 6.96. The molecule has 128 valence electrons. The normalized spacial score (nSPS) is 14.7. The number of amides is 1. The van der Waals surface area contributed by atoms with E-state index in [0.717, 1.165) is 24.6 Å². The highest BCUT2D eigenvalue weighted by Gasteiger charge is 2.26. The first-order valence-electron chi connectivity index (χ1n) is 8.09. The highest BCUT2D eigenvalue weighted by atomic mass is 32.2. The molecule has 4 rings (SSSR count). The second kappa shape index (κ2) is 6.76. The monoisotopic (exact) mass is 356 g/mol. The molecule has 2 aromatic heterocycles. The van der Waals surface area contributed by atoms with E-state index in [1.165, 1.54) is 16.9 Å². The number of carbonyl (C=O) groups excluding carboxylic acids is 1. The van der Waals surface area contributed by atoms with Crippen LogP contribution in [0.1, 0.15) is 10.4 Å². The number of thioether (sulfide) groups is 1. The molecule has 0 unspecified atom stereocenters. The van der Waals surface area contributed by atoms with Crippen LogP contribution < -0.4 is 0 Å². The molecule has 1 saturated heterocycles. The minimum Gasteiger partial charge on any atom is -0.337 e. The molecule has 0 spiro atoms. The van der Waals surface area contributed by atoms with Gasteiger partial charge in [-0.2, -0.15) is 16.9 Å². The van der Waals surface area contributed by atoms with E-state index in [1.807, 2.05) is 41.2 Å². The Labute approximate surface area is 149 Å². The van der Waals surface area contributed by atoms with Crippen molar-refractivity contribution in [2.45, 2.75) is 0 Å². The van der Waals surface area contributed by atoms with Crippen LogP contribution in [0.4, 0.5) is 4.39 Å². The predicted octanol–water partition coefficient (Wildman–Crippen LogP) is 2.99. The predicted molar refractivity (Wildman–Crippen MR) is 96.1 cm³/mol. The molecule has 5 nitrogen and oxygen atoms in total. The van der Waals surface area contributed by atoms with Gasteiger partial charge in [-0.1, -0.05) is 12.1 Å². The van der Waals surface area contributed by atoms with Gasteiger partial charge in [0.1, 0.15) is 17.1 Å². The van der Waals surface area contributed by atoms with Gasteiger partial charge in [0, 0.05) is 37.0 Å². The van der Waals surface area contributed by atoms with Gasteiger partial charge in [-0.15, -0.1) is 0 Å². The Morgan fingerprint density at radius 2 is 1.80 bits per heavy atom. The summed E-state index contributed by atoms with van der Waals surface area (Å²) in [5.41, 5.74) is 0.797. The van der Waals surface area contributed by atoms with Gasteiger partial charge in [-0.05, 0) is 24.3 Å². The molecule has 1 amide bonds. The van der Waals surface area contributed by atoms with Gasteiger partial charge >= 0.3 is 0 Å². The van der Waals surface area contributed by atoms with Crippen LogP contribution in [-0.4, -0.2) is 49.7 Å². The number of aromatic nitrogens is 3. The van der Waals surface area contributed by atoms with E-state index in [4.69, 9.17) is 0 Å². The molecule has 25 heavy (non-hydrogen) atoms. The van der Waals surface area contributed by atoms with E-state index < -0.39 is 0 Å². The first-order valence-corrected chi connectivity index (χ1v) is 9.24. The number of para-hydroxylation sites is 1. The van der Waals surface area contributed by atoms with Crippen LogP contribution in [0.2, 0.25) is 0 Å². The van der Waals surface area contributed by atoms with Crippen LogP contribution in [0.3, 0.4) is 0 Å². The number of benzene rings is 1. The number of carbonyl (C=O) groups is 1. The molecule has 7 heteroatoms. The summed E-state index contributed by atoms with van der Waals surface area (Å²) in [5.74, 6) is 1.98. The van der Waals surface area contributed by atoms with Crippen LogP contribution in [0.25, 0.3) is 11.5 Å².